The van der Waals surface area contributed by atoms with Crippen LogP contribution in [0.5, 0.6) is 5.75 Å². The van der Waals surface area contributed by atoms with Gasteiger partial charge in [-0.3, -0.25) is 4.79 Å². The zero-order valence-electron chi connectivity index (χ0n) is 16.9. The van der Waals surface area contributed by atoms with Gasteiger partial charge in [-0.2, -0.15) is 5.10 Å². The lowest BCUT2D eigenvalue weighted by Crippen LogP contribution is -2.26. The predicted molar refractivity (Wildman–Crippen MR) is 114 cm³/mol. The van der Waals surface area contributed by atoms with E-state index in [-0.39, 0.29) is 5.91 Å². The maximum atomic E-state index is 13.1. The molecule has 1 aliphatic rings. The number of ether oxygens (including phenoxy) is 1. The molecule has 0 unspecified atom stereocenters. The molecule has 0 spiro atoms. The van der Waals surface area contributed by atoms with Crippen LogP contribution in [0, 0.1) is 6.92 Å². The zero-order chi connectivity index (χ0) is 20.7. The number of aromatic nitrogens is 3. The summed E-state index contributed by atoms with van der Waals surface area (Å²) in [6.45, 7) is 3.09. The van der Waals surface area contributed by atoms with Crippen LogP contribution in [0.4, 0.5) is 0 Å². The number of aryl methyl sites for hydroxylation is 1. The minimum absolute atomic E-state index is 0.0206. The fourth-order valence-electron chi connectivity index (χ4n) is 3.99. The number of fused-ring (bicyclic) bond motifs is 1. The molecular weight excluding hydrogens is 376 g/mol. The van der Waals surface area contributed by atoms with Gasteiger partial charge in [-0.15, -0.1) is 0 Å². The van der Waals surface area contributed by atoms with Gasteiger partial charge in [0.1, 0.15) is 11.6 Å². The lowest BCUT2D eigenvalue weighted by Gasteiger charge is -2.18. The van der Waals surface area contributed by atoms with E-state index in [9.17, 15) is 4.79 Å². The maximum Gasteiger partial charge on any atom is 0.254 e. The van der Waals surface area contributed by atoms with Crippen molar-refractivity contribution in [2.24, 2.45) is 0 Å². The molecule has 0 aliphatic carbocycles. The summed E-state index contributed by atoms with van der Waals surface area (Å²) in [6.07, 6.45) is 4.03. The molecule has 2 aromatic carbocycles. The largest absolute Gasteiger partial charge is 0.497 e. The number of rotatable bonds is 4. The van der Waals surface area contributed by atoms with Gasteiger partial charge in [0.25, 0.3) is 5.91 Å². The fourth-order valence-corrected chi connectivity index (χ4v) is 3.99. The van der Waals surface area contributed by atoms with Gasteiger partial charge in [0.05, 0.1) is 31.6 Å². The molecule has 0 saturated carbocycles. The summed E-state index contributed by atoms with van der Waals surface area (Å²) in [7, 11) is 1.60. The second-order valence-electron chi connectivity index (χ2n) is 7.43. The smallest absolute Gasteiger partial charge is 0.254 e. The van der Waals surface area contributed by atoms with E-state index in [2.05, 4.69) is 23.6 Å². The van der Waals surface area contributed by atoms with E-state index in [1.807, 2.05) is 64.4 Å². The Morgan fingerprint density at radius 2 is 1.80 bits per heavy atom. The number of hydrogen-bond acceptors (Lipinski definition) is 3. The number of amides is 1. The van der Waals surface area contributed by atoms with Gasteiger partial charge < -0.3 is 14.2 Å². The number of benzene rings is 2. The third-order valence-corrected chi connectivity index (χ3v) is 5.53. The van der Waals surface area contributed by atoms with Crippen molar-refractivity contribution in [3.05, 3.63) is 95.4 Å². The van der Waals surface area contributed by atoms with E-state index < -0.39 is 0 Å². The summed E-state index contributed by atoms with van der Waals surface area (Å²) >= 11 is 0. The number of hydrogen-bond donors (Lipinski definition) is 0. The average Bonchev–Trinajstić information content (AvgIpc) is 3.49. The highest BCUT2D eigenvalue weighted by Crippen LogP contribution is 2.32. The second kappa shape index (κ2) is 7.22. The molecular formula is C24H22N4O2. The summed E-state index contributed by atoms with van der Waals surface area (Å²) < 4.78 is 9.33. The van der Waals surface area contributed by atoms with Gasteiger partial charge in [0, 0.05) is 23.5 Å². The Balaban J connectivity index is 1.54. The van der Waals surface area contributed by atoms with Crippen LogP contribution < -0.4 is 4.74 Å². The molecule has 6 nitrogen and oxygen atoms in total. The topological polar surface area (TPSA) is 52.3 Å². The first-order valence-electron chi connectivity index (χ1n) is 9.89. The van der Waals surface area contributed by atoms with Crippen molar-refractivity contribution in [3.8, 4) is 17.3 Å². The molecule has 150 valence electrons. The van der Waals surface area contributed by atoms with E-state index in [0.717, 1.165) is 28.3 Å². The average molecular weight is 398 g/mol. The minimum atomic E-state index is -0.0206. The Kier molecular flexibility index (Phi) is 4.39. The van der Waals surface area contributed by atoms with Gasteiger partial charge in [0.15, 0.2) is 0 Å². The van der Waals surface area contributed by atoms with Crippen molar-refractivity contribution >= 4 is 5.91 Å². The Bertz CT molecular complexity index is 1220. The molecule has 1 amide bonds. The number of carbonyl (C=O) groups is 1. The molecule has 6 heteroatoms. The quantitative estimate of drug-likeness (QED) is 0.519. The summed E-state index contributed by atoms with van der Waals surface area (Å²) in [6, 6.07) is 19.5. The highest BCUT2D eigenvalue weighted by Gasteiger charge is 2.32. The molecule has 0 bridgehead atoms. The number of nitrogens with zero attached hydrogens (tertiary/aromatic N) is 4. The summed E-state index contributed by atoms with van der Waals surface area (Å²) in [5.41, 5.74) is 4.82. The number of carbonyl (C=O) groups excluding carboxylic acids is 1. The highest BCUT2D eigenvalue weighted by atomic mass is 16.5. The molecule has 0 saturated heterocycles. The summed E-state index contributed by atoms with van der Waals surface area (Å²) in [5, 5.41) is 4.92. The second-order valence-corrected chi connectivity index (χ2v) is 7.43. The molecule has 0 fully saturated rings. The lowest BCUT2D eigenvalue weighted by molar-refractivity contribution is 0.0749. The van der Waals surface area contributed by atoms with Gasteiger partial charge in [-0.05, 0) is 48.9 Å². The van der Waals surface area contributed by atoms with Gasteiger partial charge in [-0.1, -0.05) is 24.3 Å². The van der Waals surface area contributed by atoms with E-state index >= 15 is 0 Å². The van der Waals surface area contributed by atoms with Crippen LogP contribution in [0.3, 0.4) is 0 Å². The molecule has 0 atom stereocenters. The Morgan fingerprint density at radius 1 is 1.00 bits per heavy atom. The first kappa shape index (κ1) is 18.2. The molecule has 30 heavy (non-hydrogen) atoms. The first-order valence-corrected chi connectivity index (χ1v) is 9.89. The van der Waals surface area contributed by atoms with Crippen LogP contribution >= 0.6 is 0 Å². The van der Waals surface area contributed by atoms with E-state index in [0.29, 0.717) is 24.4 Å². The SMILES string of the molecule is COc1cccc(C(=O)N2Cc3nn(-c4ccccc4C)c(-n4cccc4)c3C2)c1. The normalized spacial score (nSPS) is 12.8. The third kappa shape index (κ3) is 2.97. The Labute approximate surface area is 174 Å². The van der Waals surface area contributed by atoms with Crippen molar-refractivity contribution in [2.45, 2.75) is 20.0 Å². The molecule has 5 rings (SSSR count). The summed E-state index contributed by atoms with van der Waals surface area (Å²) in [4.78, 5) is 15.0. The van der Waals surface area contributed by atoms with Gasteiger partial charge in [-0.25, -0.2) is 4.68 Å². The Morgan fingerprint density at radius 3 is 2.57 bits per heavy atom. The van der Waals surface area contributed by atoms with Crippen molar-refractivity contribution in [3.63, 3.8) is 0 Å². The monoisotopic (exact) mass is 398 g/mol. The third-order valence-electron chi connectivity index (χ3n) is 5.53. The minimum Gasteiger partial charge on any atom is -0.497 e. The van der Waals surface area contributed by atoms with Crippen LogP contribution in [0.1, 0.15) is 27.2 Å². The van der Waals surface area contributed by atoms with E-state index in [4.69, 9.17) is 9.84 Å². The predicted octanol–water partition coefficient (Wildman–Crippen LogP) is 4.14. The molecule has 1 aliphatic heterocycles. The van der Waals surface area contributed by atoms with E-state index in [1.165, 1.54) is 0 Å². The lowest BCUT2D eigenvalue weighted by atomic mass is 10.2. The molecule has 2 aromatic heterocycles. The van der Waals surface area contributed by atoms with Gasteiger partial charge >= 0.3 is 0 Å². The molecule has 0 N–H and O–H groups in total. The number of para-hydroxylation sites is 1. The van der Waals surface area contributed by atoms with Crippen LogP contribution in [0.2, 0.25) is 0 Å². The fraction of sp³-hybridized carbons (Fsp3) is 0.167. The van der Waals surface area contributed by atoms with Crippen LogP contribution in [0.15, 0.2) is 73.1 Å². The van der Waals surface area contributed by atoms with Crippen LogP contribution in [-0.4, -0.2) is 32.3 Å². The van der Waals surface area contributed by atoms with Crippen molar-refractivity contribution in [1.29, 1.82) is 0 Å². The summed E-state index contributed by atoms with van der Waals surface area (Å²) in [5.74, 6) is 1.63. The van der Waals surface area contributed by atoms with Gasteiger partial charge in [0.2, 0.25) is 0 Å². The van der Waals surface area contributed by atoms with E-state index in [1.54, 1.807) is 13.2 Å². The molecule has 4 aromatic rings. The van der Waals surface area contributed by atoms with Crippen molar-refractivity contribution in [2.75, 3.05) is 7.11 Å². The Hall–Kier alpha value is -3.80. The van der Waals surface area contributed by atoms with Crippen molar-refractivity contribution < 1.29 is 9.53 Å². The molecule has 0 radical (unpaired) electrons. The number of methoxy groups -OCH3 is 1. The standard InChI is InChI=1S/C24H22N4O2/c1-17-8-3-4-11-22(17)28-23(26-12-5-6-13-26)20-15-27(16-21(20)25-28)24(29)18-9-7-10-19(14-18)30-2/h3-14H,15-16H2,1-2H3. The zero-order valence-corrected chi connectivity index (χ0v) is 16.9. The molecule has 3 heterocycles. The highest BCUT2D eigenvalue weighted by molar-refractivity contribution is 5.95. The maximum absolute atomic E-state index is 13.1. The van der Waals surface area contributed by atoms with Crippen LogP contribution in [0.25, 0.3) is 11.5 Å². The van der Waals surface area contributed by atoms with Crippen LogP contribution in [-0.2, 0) is 13.1 Å². The van der Waals surface area contributed by atoms with Crippen molar-refractivity contribution in [1.82, 2.24) is 19.2 Å². The first-order chi connectivity index (χ1) is 14.7.